The largest absolute Gasteiger partial charge is 0.502 e. The maximum Gasteiger partial charge on any atom is 0.201 e. The summed E-state index contributed by atoms with van der Waals surface area (Å²) >= 11 is 0. The van der Waals surface area contributed by atoms with Crippen LogP contribution in [0.5, 0.6) is 34.5 Å². The Kier molecular flexibility index (Phi) is 4.48. The lowest BCUT2D eigenvalue weighted by molar-refractivity contribution is 0.0805. The van der Waals surface area contributed by atoms with Crippen molar-refractivity contribution in [3.8, 4) is 34.5 Å². The second-order valence-electron chi connectivity index (χ2n) is 7.89. The lowest BCUT2D eigenvalue weighted by Crippen LogP contribution is -2.38. The van der Waals surface area contributed by atoms with Crippen LogP contribution in [0.15, 0.2) is 18.2 Å². The van der Waals surface area contributed by atoms with Crippen LogP contribution >= 0.6 is 0 Å². The molecule has 0 amide bonds. The molecule has 1 aliphatic heterocycles. The summed E-state index contributed by atoms with van der Waals surface area (Å²) in [5.74, 6) is 0.163. The highest BCUT2D eigenvalue weighted by molar-refractivity contribution is 5.66. The van der Waals surface area contributed by atoms with Crippen molar-refractivity contribution in [1.29, 1.82) is 0 Å². The van der Waals surface area contributed by atoms with E-state index in [-0.39, 0.29) is 34.5 Å². The summed E-state index contributed by atoms with van der Waals surface area (Å²) in [5.41, 5.74) is 0.192. The molecular formula is C22H26O8. The van der Waals surface area contributed by atoms with E-state index < -0.39 is 23.2 Å². The van der Waals surface area contributed by atoms with Gasteiger partial charge in [-0.3, -0.25) is 0 Å². The minimum atomic E-state index is -1.03. The molecule has 0 spiro atoms. The first-order valence-corrected chi connectivity index (χ1v) is 9.49. The molecule has 4 rings (SSSR count). The molecule has 1 fully saturated rings. The monoisotopic (exact) mass is 418 g/mol. The molecule has 2 aromatic rings. The van der Waals surface area contributed by atoms with E-state index in [0.717, 1.165) is 5.56 Å². The summed E-state index contributed by atoms with van der Waals surface area (Å²) in [7, 11) is 5.79. The number of methoxy groups -OCH3 is 4. The van der Waals surface area contributed by atoms with E-state index in [1.165, 1.54) is 28.4 Å². The Balaban J connectivity index is 2.04. The first-order valence-electron chi connectivity index (χ1n) is 9.49. The van der Waals surface area contributed by atoms with E-state index in [4.69, 9.17) is 23.7 Å². The predicted molar refractivity (Wildman–Crippen MR) is 107 cm³/mol. The Labute approximate surface area is 174 Å². The molecule has 4 unspecified atom stereocenters. The third-order valence-electron chi connectivity index (χ3n) is 6.58. The summed E-state index contributed by atoms with van der Waals surface area (Å²) in [6, 6.07) is 5.10. The lowest BCUT2D eigenvalue weighted by Gasteiger charge is -2.36. The highest BCUT2D eigenvalue weighted by Gasteiger charge is 2.74. The average molecular weight is 418 g/mol. The van der Waals surface area contributed by atoms with E-state index in [1.54, 1.807) is 18.2 Å². The molecule has 1 heterocycles. The average Bonchev–Trinajstić information content (AvgIpc) is 3.32. The Morgan fingerprint density at radius 1 is 0.800 bits per heavy atom. The molecule has 3 N–H and O–H groups in total. The normalized spacial score (nSPS) is 28.9. The summed E-state index contributed by atoms with van der Waals surface area (Å²) in [4.78, 5) is 0. The number of ether oxygens (including phenoxy) is 5. The topological polar surface area (TPSA) is 110 Å². The summed E-state index contributed by atoms with van der Waals surface area (Å²) in [6.45, 7) is 3.74. The smallest absolute Gasteiger partial charge is 0.201 e. The number of hydrogen-bond donors (Lipinski definition) is 3. The molecule has 2 aliphatic rings. The highest BCUT2D eigenvalue weighted by Crippen LogP contribution is 2.69. The van der Waals surface area contributed by atoms with Crippen LogP contribution in [-0.2, 0) is 4.74 Å². The Hall–Kier alpha value is -2.84. The van der Waals surface area contributed by atoms with Gasteiger partial charge in [-0.1, -0.05) is 0 Å². The van der Waals surface area contributed by atoms with Gasteiger partial charge in [0, 0.05) is 11.5 Å². The van der Waals surface area contributed by atoms with Gasteiger partial charge in [-0.05, 0) is 43.2 Å². The fourth-order valence-corrected chi connectivity index (χ4v) is 4.78. The van der Waals surface area contributed by atoms with Crippen molar-refractivity contribution in [2.24, 2.45) is 0 Å². The minimum Gasteiger partial charge on any atom is -0.502 e. The molecular weight excluding hydrogens is 392 g/mol. The molecule has 0 saturated carbocycles. The molecule has 2 aromatic carbocycles. The summed E-state index contributed by atoms with van der Waals surface area (Å²) in [5, 5.41) is 32.1. The maximum atomic E-state index is 11.2. The Morgan fingerprint density at radius 3 is 1.83 bits per heavy atom. The number of phenols is 2. The van der Waals surface area contributed by atoms with E-state index in [2.05, 4.69) is 0 Å². The van der Waals surface area contributed by atoms with Crippen LogP contribution in [0.4, 0.5) is 0 Å². The van der Waals surface area contributed by atoms with E-state index >= 15 is 0 Å². The predicted octanol–water partition coefficient (Wildman–Crippen LogP) is 2.86. The zero-order valence-corrected chi connectivity index (χ0v) is 17.8. The van der Waals surface area contributed by atoms with Crippen molar-refractivity contribution in [1.82, 2.24) is 0 Å². The van der Waals surface area contributed by atoms with Gasteiger partial charge in [0.1, 0.15) is 17.3 Å². The van der Waals surface area contributed by atoms with Crippen molar-refractivity contribution in [2.75, 3.05) is 28.4 Å². The quantitative estimate of drug-likeness (QED) is 0.636. The van der Waals surface area contributed by atoms with Crippen LogP contribution in [-0.4, -0.2) is 55.0 Å². The van der Waals surface area contributed by atoms with Gasteiger partial charge < -0.3 is 39.0 Å². The van der Waals surface area contributed by atoms with Gasteiger partial charge in [0.15, 0.2) is 23.0 Å². The van der Waals surface area contributed by atoms with E-state index in [0.29, 0.717) is 11.1 Å². The van der Waals surface area contributed by atoms with Gasteiger partial charge in [-0.25, -0.2) is 0 Å². The number of epoxide rings is 1. The molecule has 0 bridgehead atoms. The second-order valence-corrected chi connectivity index (χ2v) is 7.89. The molecule has 4 atom stereocenters. The van der Waals surface area contributed by atoms with Gasteiger partial charge in [0.05, 0.1) is 28.4 Å². The van der Waals surface area contributed by atoms with Crippen LogP contribution in [0, 0.1) is 0 Å². The molecule has 1 aliphatic carbocycles. The third kappa shape index (κ3) is 2.40. The molecule has 8 nitrogen and oxygen atoms in total. The first kappa shape index (κ1) is 20.4. The number of aliphatic hydroxyl groups is 1. The number of aliphatic hydroxyl groups excluding tert-OH is 1. The molecule has 8 heteroatoms. The second kappa shape index (κ2) is 6.58. The lowest BCUT2D eigenvalue weighted by atomic mass is 9.66. The fraction of sp³-hybridized carbons (Fsp3) is 0.455. The van der Waals surface area contributed by atoms with E-state index in [1.807, 2.05) is 13.8 Å². The Morgan fingerprint density at radius 2 is 1.33 bits per heavy atom. The van der Waals surface area contributed by atoms with Gasteiger partial charge in [0.25, 0.3) is 0 Å². The summed E-state index contributed by atoms with van der Waals surface area (Å²) < 4.78 is 27.6. The number of hydrogen-bond acceptors (Lipinski definition) is 8. The van der Waals surface area contributed by atoms with Gasteiger partial charge in [-0.15, -0.1) is 0 Å². The van der Waals surface area contributed by atoms with Crippen LogP contribution in [0.25, 0.3) is 0 Å². The minimum absolute atomic E-state index is 0.106. The molecule has 0 radical (unpaired) electrons. The zero-order chi connectivity index (χ0) is 22.0. The molecule has 30 heavy (non-hydrogen) atoms. The van der Waals surface area contributed by atoms with Gasteiger partial charge in [-0.2, -0.15) is 0 Å². The third-order valence-corrected chi connectivity index (χ3v) is 6.58. The van der Waals surface area contributed by atoms with Gasteiger partial charge >= 0.3 is 0 Å². The maximum absolute atomic E-state index is 11.2. The molecule has 0 aromatic heterocycles. The van der Waals surface area contributed by atoms with Crippen molar-refractivity contribution < 1.29 is 39.0 Å². The van der Waals surface area contributed by atoms with Crippen LogP contribution in [0.3, 0.4) is 0 Å². The van der Waals surface area contributed by atoms with Crippen molar-refractivity contribution in [3.05, 3.63) is 34.9 Å². The molecule has 1 saturated heterocycles. The van der Waals surface area contributed by atoms with Gasteiger partial charge in [0.2, 0.25) is 11.5 Å². The van der Waals surface area contributed by atoms with Crippen LogP contribution in [0.2, 0.25) is 0 Å². The van der Waals surface area contributed by atoms with Crippen LogP contribution in [0.1, 0.15) is 42.6 Å². The van der Waals surface area contributed by atoms with Crippen LogP contribution < -0.4 is 18.9 Å². The highest BCUT2D eigenvalue weighted by atomic mass is 16.6. The number of phenolic OH excluding ortho intramolecular Hbond substituents is 2. The number of benzene rings is 2. The number of aromatic hydroxyl groups is 2. The number of fused-ring (bicyclic) bond motifs is 2. The van der Waals surface area contributed by atoms with Crippen molar-refractivity contribution >= 4 is 0 Å². The Bertz CT molecular complexity index is 994. The fourth-order valence-electron chi connectivity index (χ4n) is 4.78. The standard InChI is InChI=1S/C22H26O8/c1-21-16(10-7-12(26-3)17(23)13(8-10)27-4)11-9-14(28-5)18(24)19(29-6)15(11)20(25)22(21,2)30-21/h7-9,16,20,23-25H,1-6H3. The summed E-state index contributed by atoms with van der Waals surface area (Å²) in [6.07, 6.45) is -1.03. The first-order chi connectivity index (χ1) is 14.2. The van der Waals surface area contributed by atoms with Crippen molar-refractivity contribution in [3.63, 3.8) is 0 Å². The zero-order valence-electron chi connectivity index (χ0n) is 17.8. The SMILES string of the molecule is COc1cc(C2c3cc(OC)c(O)c(OC)c3C(O)C3(C)OC23C)cc(OC)c1O. The van der Waals surface area contributed by atoms with Crippen molar-refractivity contribution in [2.45, 2.75) is 37.1 Å². The van der Waals surface area contributed by atoms with E-state index in [9.17, 15) is 15.3 Å². The number of rotatable bonds is 5. The molecule has 162 valence electrons.